The van der Waals surface area contributed by atoms with Gasteiger partial charge in [-0.15, -0.1) is 0 Å². The van der Waals surface area contributed by atoms with Gasteiger partial charge in [-0.1, -0.05) is 13.3 Å². The first-order chi connectivity index (χ1) is 8.91. The molecule has 1 heterocycles. The minimum absolute atomic E-state index is 0.143. The maximum Gasteiger partial charge on any atom is 0.309 e. The van der Waals surface area contributed by atoms with Crippen molar-refractivity contribution in [1.82, 2.24) is 9.80 Å². The molecule has 0 radical (unpaired) electrons. The van der Waals surface area contributed by atoms with E-state index in [0.29, 0.717) is 38.8 Å². The van der Waals surface area contributed by atoms with Gasteiger partial charge >= 0.3 is 5.97 Å². The SMILES string of the molecule is CCCC1(C(=O)O)CCN(C(=O)CCN(C)C)CC1. The van der Waals surface area contributed by atoms with Crippen molar-refractivity contribution in [2.45, 2.75) is 39.0 Å². The van der Waals surface area contributed by atoms with Gasteiger partial charge in [0.1, 0.15) is 0 Å². The second-order valence-electron chi connectivity index (χ2n) is 5.77. The average molecular weight is 270 g/mol. The quantitative estimate of drug-likeness (QED) is 0.793. The van der Waals surface area contributed by atoms with Crippen LogP contribution in [0.1, 0.15) is 39.0 Å². The van der Waals surface area contributed by atoms with Crippen molar-refractivity contribution in [3.05, 3.63) is 0 Å². The molecule has 0 aromatic rings. The van der Waals surface area contributed by atoms with Crippen LogP contribution in [-0.2, 0) is 9.59 Å². The first-order valence-electron chi connectivity index (χ1n) is 7.07. The predicted molar refractivity (Wildman–Crippen MR) is 74.0 cm³/mol. The highest BCUT2D eigenvalue weighted by Crippen LogP contribution is 2.36. The van der Waals surface area contributed by atoms with E-state index < -0.39 is 11.4 Å². The molecule has 1 aliphatic rings. The number of piperidine rings is 1. The lowest BCUT2D eigenvalue weighted by Crippen LogP contribution is -2.46. The van der Waals surface area contributed by atoms with Crippen molar-refractivity contribution in [3.8, 4) is 0 Å². The number of aliphatic carboxylic acids is 1. The summed E-state index contributed by atoms with van der Waals surface area (Å²) in [5.41, 5.74) is -0.604. The van der Waals surface area contributed by atoms with Crippen LogP contribution in [0.2, 0.25) is 0 Å². The van der Waals surface area contributed by atoms with Gasteiger partial charge in [0.2, 0.25) is 5.91 Å². The van der Waals surface area contributed by atoms with Crippen LogP contribution in [0.25, 0.3) is 0 Å². The Morgan fingerprint density at radius 3 is 2.26 bits per heavy atom. The van der Waals surface area contributed by atoms with E-state index in [1.165, 1.54) is 0 Å². The number of carbonyl (C=O) groups excluding carboxylic acids is 1. The normalized spacial score (nSPS) is 18.6. The van der Waals surface area contributed by atoms with Crippen molar-refractivity contribution in [2.24, 2.45) is 5.41 Å². The summed E-state index contributed by atoms with van der Waals surface area (Å²) in [5.74, 6) is -0.557. The van der Waals surface area contributed by atoms with Gasteiger partial charge in [0.25, 0.3) is 0 Å². The number of carboxylic acid groups (broad SMARTS) is 1. The molecular formula is C14H26N2O3. The van der Waals surface area contributed by atoms with Crippen molar-refractivity contribution < 1.29 is 14.7 Å². The van der Waals surface area contributed by atoms with E-state index in [2.05, 4.69) is 0 Å². The third kappa shape index (κ3) is 4.20. The first-order valence-corrected chi connectivity index (χ1v) is 7.07. The lowest BCUT2D eigenvalue weighted by molar-refractivity contribution is -0.155. The Morgan fingerprint density at radius 1 is 1.26 bits per heavy atom. The van der Waals surface area contributed by atoms with Crippen molar-refractivity contribution in [3.63, 3.8) is 0 Å². The average Bonchev–Trinajstić information content (AvgIpc) is 2.37. The summed E-state index contributed by atoms with van der Waals surface area (Å²) in [5, 5.41) is 9.41. The number of carboxylic acids is 1. The summed E-state index contributed by atoms with van der Waals surface area (Å²) in [6.45, 7) is 3.92. The highest BCUT2D eigenvalue weighted by atomic mass is 16.4. The van der Waals surface area contributed by atoms with Gasteiger partial charge in [0, 0.05) is 26.1 Å². The molecule has 0 atom stereocenters. The van der Waals surface area contributed by atoms with Crippen LogP contribution in [0.3, 0.4) is 0 Å². The largest absolute Gasteiger partial charge is 0.481 e. The zero-order valence-electron chi connectivity index (χ0n) is 12.3. The molecular weight excluding hydrogens is 244 g/mol. The number of amides is 1. The molecule has 5 nitrogen and oxygen atoms in total. The van der Waals surface area contributed by atoms with Crippen LogP contribution in [0.15, 0.2) is 0 Å². The predicted octanol–water partition coefficient (Wildman–Crippen LogP) is 1.43. The number of carbonyl (C=O) groups is 2. The second kappa shape index (κ2) is 6.89. The molecule has 1 saturated heterocycles. The van der Waals surface area contributed by atoms with E-state index in [1.54, 1.807) is 0 Å². The lowest BCUT2D eigenvalue weighted by Gasteiger charge is -2.39. The van der Waals surface area contributed by atoms with Gasteiger partial charge in [0.15, 0.2) is 0 Å². The minimum Gasteiger partial charge on any atom is -0.481 e. The highest BCUT2D eigenvalue weighted by Gasteiger charge is 2.41. The van der Waals surface area contributed by atoms with Crippen molar-refractivity contribution in [2.75, 3.05) is 33.7 Å². The molecule has 1 aliphatic heterocycles. The van der Waals surface area contributed by atoms with E-state index in [-0.39, 0.29) is 5.91 Å². The Balaban J connectivity index is 2.51. The van der Waals surface area contributed by atoms with Crippen LogP contribution < -0.4 is 0 Å². The first kappa shape index (κ1) is 16.0. The molecule has 19 heavy (non-hydrogen) atoms. The zero-order chi connectivity index (χ0) is 14.5. The van der Waals surface area contributed by atoms with Gasteiger partial charge in [-0.2, -0.15) is 0 Å². The Bertz CT molecular complexity index is 321. The van der Waals surface area contributed by atoms with Crippen molar-refractivity contribution in [1.29, 1.82) is 0 Å². The van der Waals surface area contributed by atoms with E-state index in [1.807, 2.05) is 30.8 Å². The highest BCUT2D eigenvalue weighted by molar-refractivity contribution is 5.78. The fraction of sp³-hybridized carbons (Fsp3) is 0.857. The van der Waals surface area contributed by atoms with Gasteiger partial charge in [0.05, 0.1) is 5.41 Å². The molecule has 0 spiro atoms. The maximum absolute atomic E-state index is 12.0. The molecule has 0 bridgehead atoms. The van der Waals surface area contributed by atoms with Crippen LogP contribution in [0.4, 0.5) is 0 Å². The standard InChI is InChI=1S/C14H26N2O3/c1-4-6-14(13(18)19)7-10-16(11-8-14)12(17)5-9-15(2)3/h4-11H2,1-3H3,(H,18,19). The monoisotopic (exact) mass is 270 g/mol. The smallest absolute Gasteiger partial charge is 0.309 e. The van der Waals surface area contributed by atoms with Gasteiger partial charge in [-0.05, 0) is 33.4 Å². The molecule has 0 saturated carbocycles. The Morgan fingerprint density at radius 2 is 1.84 bits per heavy atom. The van der Waals surface area contributed by atoms with E-state index in [9.17, 15) is 14.7 Å². The van der Waals surface area contributed by atoms with Crippen LogP contribution >= 0.6 is 0 Å². The molecule has 1 N–H and O–H groups in total. The summed E-state index contributed by atoms with van der Waals surface area (Å²) in [4.78, 5) is 27.2. The van der Waals surface area contributed by atoms with Crippen LogP contribution in [0.5, 0.6) is 0 Å². The minimum atomic E-state index is -0.699. The third-order valence-corrected chi connectivity index (χ3v) is 4.03. The summed E-state index contributed by atoms with van der Waals surface area (Å²) in [6.07, 6.45) is 3.28. The van der Waals surface area contributed by atoms with Gasteiger partial charge < -0.3 is 14.9 Å². The Hall–Kier alpha value is -1.10. The third-order valence-electron chi connectivity index (χ3n) is 4.03. The number of hydrogen-bond acceptors (Lipinski definition) is 3. The molecule has 0 aromatic carbocycles. The molecule has 110 valence electrons. The summed E-state index contributed by atoms with van der Waals surface area (Å²) >= 11 is 0. The molecule has 5 heteroatoms. The van der Waals surface area contributed by atoms with Crippen LogP contribution in [-0.4, -0.2) is 60.5 Å². The topological polar surface area (TPSA) is 60.9 Å². The molecule has 1 rings (SSSR count). The van der Waals surface area contributed by atoms with Gasteiger partial charge in [-0.3, -0.25) is 9.59 Å². The summed E-state index contributed by atoms with van der Waals surface area (Å²) < 4.78 is 0. The van der Waals surface area contributed by atoms with Crippen LogP contribution in [0, 0.1) is 5.41 Å². The zero-order valence-corrected chi connectivity index (χ0v) is 12.3. The number of hydrogen-bond donors (Lipinski definition) is 1. The van der Waals surface area contributed by atoms with E-state index >= 15 is 0 Å². The number of nitrogens with zero attached hydrogens (tertiary/aromatic N) is 2. The molecule has 0 aliphatic carbocycles. The fourth-order valence-electron chi connectivity index (χ4n) is 2.71. The lowest BCUT2D eigenvalue weighted by atomic mass is 9.75. The summed E-state index contributed by atoms with van der Waals surface area (Å²) in [6, 6.07) is 0. The van der Waals surface area contributed by atoms with E-state index in [0.717, 1.165) is 13.0 Å². The fourth-order valence-corrected chi connectivity index (χ4v) is 2.71. The second-order valence-corrected chi connectivity index (χ2v) is 5.77. The molecule has 1 amide bonds. The number of likely N-dealkylation sites (tertiary alicyclic amines) is 1. The van der Waals surface area contributed by atoms with Crippen molar-refractivity contribution >= 4 is 11.9 Å². The van der Waals surface area contributed by atoms with Gasteiger partial charge in [-0.25, -0.2) is 0 Å². The molecule has 1 fully saturated rings. The molecule has 0 aromatic heterocycles. The number of rotatable bonds is 6. The molecule has 0 unspecified atom stereocenters. The Labute approximate surface area is 115 Å². The summed E-state index contributed by atoms with van der Waals surface area (Å²) in [7, 11) is 3.89. The Kier molecular flexibility index (Phi) is 5.79. The van der Waals surface area contributed by atoms with E-state index in [4.69, 9.17) is 0 Å². The maximum atomic E-state index is 12.0.